The lowest BCUT2D eigenvalue weighted by molar-refractivity contribution is -0.680. The van der Waals surface area contributed by atoms with E-state index in [2.05, 4.69) is 25.7 Å². The molecule has 1 aromatic heterocycles. The summed E-state index contributed by atoms with van der Waals surface area (Å²) in [5.41, 5.74) is 2.66. The Kier molecular flexibility index (Phi) is 2.48. The molecule has 0 atom stereocenters. The fourth-order valence-corrected chi connectivity index (χ4v) is 1.72. The van der Waals surface area contributed by atoms with Gasteiger partial charge in [-0.05, 0) is 29.4 Å². The lowest BCUT2D eigenvalue weighted by Crippen LogP contribution is -2.35. The fraction of sp³-hybridized carbons (Fsp3) is 0.200. The smallest absolute Gasteiger partial charge is 0.282 e. The van der Waals surface area contributed by atoms with E-state index in [1.165, 1.54) is 0 Å². The number of nitrogens with zero attached hydrogens (tertiary/aromatic N) is 1. The van der Waals surface area contributed by atoms with Gasteiger partial charge in [-0.3, -0.25) is 4.52 Å². The molecule has 0 fully saturated rings. The average Bonchev–Trinajstić information content (AvgIpc) is 2.52. The highest BCUT2D eigenvalue weighted by Crippen LogP contribution is 2.11. The van der Waals surface area contributed by atoms with Gasteiger partial charge in [0.1, 0.15) is 0 Å². The minimum atomic E-state index is -0.420. The lowest BCUT2D eigenvalue weighted by Gasteiger charge is -1.97. The predicted octanol–water partition coefficient (Wildman–Crippen LogP) is 1.62. The van der Waals surface area contributed by atoms with Crippen molar-refractivity contribution in [1.82, 2.24) is 5.27 Å². The molecule has 2 aromatic rings. The van der Waals surface area contributed by atoms with E-state index in [4.69, 9.17) is 0 Å². The van der Waals surface area contributed by atoms with Gasteiger partial charge in [0.05, 0.1) is 0 Å². The molecule has 0 radical (unpaired) electrons. The van der Waals surface area contributed by atoms with E-state index in [1.54, 1.807) is 4.68 Å². The van der Waals surface area contributed by atoms with Crippen molar-refractivity contribution in [3.63, 3.8) is 0 Å². The van der Waals surface area contributed by atoms with E-state index in [0.717, 1.165) is 16.8 Å². The van der Waals surface area contributed by atoms with Crippen LogP contribution in [0.25, 0.3) is 5.69 Å². The van der Waals surface area contributed by atoms with Gasteiger partial charge < -0.3 is 0 Å². The summed E-state index contributed by atoms with van der Waals surface area (Å²) in [6.07, 6.45) is 0. The van der Waals surface area contributed by atoms with Gasteiger partial charge in [-0.15, -0.1) is 0 Å². The number of halogens is 1. The maximum Gasteiger partial charge on any atom is 0.442 e. The first-order valence-electron chi connectivity index (χ1n) is 4.46. The topological polar surface area (TPSA) is 49.9 Å². The van der Waals surface area contributed by atoms with Crippen molar-refractivity contribution in [2.45, 2.75) is 13.8 Å². The number of H-pyrrole nitrogens is 1. The minimum absolute atomic E-state index is 0.358. The van der Waals surface area contributed by atoms with E-state index in [-0.39, 0.29) is 0 Å². The second kappa shape index (κ2) is 3.66. The lowest BCUT2D eigenvalue weighted by atomic mass is 10.1. The minimum Gasteiger partial charge on any atom is -0.282 e. The summed E-state index contributed by atoms with van der Waals surface area (Å²) in [4.78, 5) is 11.1. The number of aromatic amines is 1. The normalized spacial score (nSPS) is 10.6. The second-order valence-corrected chi connectivity index (χ2v) is 4.15. The van der Waals surface area contributed by atoms with Crippen LogP contribution in [-0.2, 0) is 0 Å². The van der Waals surface area contributed by atoms with Gasteiger partial charge in [0.25, 0.3) is 0 Å². The van der Waals surface area contributed by atoms with E-state index >= 15 is 0 Å². The SMILES string of the molecule is Cc1ccc(C)c(-[n+]2[nH]oc(=O)c2Br)c1. The Labute approximate surface area is 94.6 Å². The third kappa shape index (κ3) is 1.74. The van der Waals surface area contributed by atoms with Crippen LogP contribution < -0.4 is 10.3 Å². The number of aromatic nitrogens is 2. The zero-order chi connectivity index (χ0) is 11.0. The summed E-state index contributed by atoms with van der Waals surface area (Å²) < 4.78 is 6.61. The van der Waals surface area contributed by atoms with Gasteiger partial charge >= 0.3 is 10.2 Å². The molecular formula is C10H10BrN2O2+. The van der Waals surface area contributed by atoms with Crippen molar-refractivity contribution < 1.29 is 9.20 Å². The molecule has 1 heterocycles. The first-order valence-corrected chi connectivity index (χ1v) is 5.25. The molecule has 0 aliphatic carbocycles. The maximum absolute atomic E-state index is 11.1. The molecule has 4 nitrogen and oxygen atoms in total. The monoisotopic (exact) mass is 269 g/mol. The van der Waals surface area contributed by atoms with Crippen molar-refractivity contribution in [2.75, 3.05) is 0 Å². The zero-order valence-electron chi connectivity index (χ0n) is 8.37. The van der Waals surface area contributed by atoms with Crippen molar-refractivity contribution in [3.05, 3.63) is 44.3 Å². The number of rotatable bonds is 1. The standard InChI is InChI=1S/C10H9BrN2O2/c1-6-3-4-7(2)8(5-6)13-9(11)10(14)15-12-13/h3-5H,1-2H3/p+1. The van der Waals surface area contributed by atoms with Crippen LogP contribution in [0, 0.1) is 13.8 Å². The number of aryl methyl sites for hydroxylation is 2. The second-order valence-electron chi connectivity index (χ2n) is 3.40. The van der Waals surface area contributed by atoms with E-state index in [1.807, 2.05) is 32.0 Å². The Morgan fingerprint density at radius 2 is 2.13 bits per heavy atom. The number of nitrogens with one attached hydrogen (secondary N) is 1. The van der Waals surface area contributed by atoms with Gasteiger partial charge in [-0.1, -0.05) is 12.1 Å². The van der Waals surface area contributed by atoms with Crippen LogP contribution in [-0.4, -0.2) is 5.27 Å². The summed E-state index contributed by atoms with van der Waals surface area (Å²) in [6.45, 7) is 3.97. The van der Waals surface area contributed by atoms with Gasteiger partial charge in [-0.25, -0.2) is 4.79 Å². The molecule has 0 spiro atoms. The van der Waals surface area contributed by atoms with E-state index < -0.39 is 5.63 Å². The Morgan fingerprint density at radius 1 is 1.40 bits per heavy atom. The summed E-state index contributed by atoms with van der Waals surface area (Å²) in [5, 5.41) is 2.54. The van der Waals surface area contributed by atoms with Crippen molar-refractivity contribution >= 4 is 15.9 Å². The molecule has 0 aliphatic rings. The predicted molar refractivity (Wildman–Crippen MR) is 58.0 cm³/mol. The van der Waals surface area contributed by atoms with Crippen LogP contribution >= 0.6 is 15.9 Å². The molecule has 0 aliphatic heterocycles. The number of benzene rings is 1. The van der Waals surface area contributed by atoms with E-state index in [9.17, 15) is 4.79 Å². The molecule has 0 amide bonds. The van der Waals surface area contributed by atoms with Crippen LogP contribution in [0.4, 0.5) is 0 Å². The molecule has 0 unspecified atom stereocenters. The van der Waals surface area contributed by atoms with Crippen LogP contribution in [0.15, 0.2) is 32.1 Å². The molecule has 5 heteroatoms. The molecule has 0 saturated heterocycles. The first kappa shape index (κ1) is 10.2. The number of hydrogen-bond donors (Lipinski definition) is 1. The summed E-state index contributed by atoms with van der Waals surface area (Å²) >= 11 is 3.17. The Bertz CT molecular complexity index is 557. The highest BCUT2D eigenvalue weighted by Gasteiger charge is 2.21. The molecular weight excluding hydrogens is 260 g/mol. The Balaban J connectivity index is 2.68. The van der Waals surface area contributed by atoms with Crippen molar-refractivity contribution in [1.29, 1.82) is 0 Å². The molecule has 2 rings (SSSR count). The van der Waals surface area contributed by atoms with Gasteiger partial charge in [0.15, 0.2) is 0 Å². The highest BCUT2D eigenvalue weighted by molar-refractivity contribution is 9.10. The molecule has 15 heavy (non-hydrogen) atoms. The van der Waals surface area contributed by atoms with Crippen LogP contribution in [0.1, 0.15) is 11.1 Å². The fourth-order valence-electron chi connectivity index (χ4n) is 1.38. The third-order valence-corrected chi connectivity index (χ3v) is 2.88. The van der Waals surface area contributed by atoms with Crippen molar-refractivity contribution in [3.8, 4) is 5.69 Å². The number of hydrogen-bond acceptors (Lipinski definition) is 2. The maximum atomic E-state index is 11.1. The Hall–Kier alpha value is -1.36. The highest BCUT2D eigenvalue weighted by atomic mass is 79.9. The van der Waals surface area contributed by atoms with Crippen molar-refractivity contribution in [2.24, 2.45) is 0 Å². The largest absolute Gasteiger partial charge is 0.442 e. The van der Waals surface area contributed by atoms with Gasteiger partial charge in [-0.2, -0.15) is 0 Å². The van der Waals surface area contributed by atoms with Gasteiger partial charge in [0, 0.05) is 27.6 Å². The molecule has 0 saturated carbocycles. The van der Waals surface area contributed by atoms with Gasteiger partial charge in [0.2, 0.25) is 5.69 Å². The van der Waals surface area contributed by atoms with Crippen LogP contribution in [0.3, 0.4) is 0 Å². The zero-order valence-corrected chi connectivity index (χ0v) is 9.96. The first-order chi connectivity index (χ1) is 7.09. The quantitative estimate of drug-likeness (QED) is 0.800. The van der Waals surface area contributed by atoms with Crippen LogP contribution in [0.2, 0.25) is 0 Å². The molecule has 1 aromatic carbocycles. The molecule has 78 valence electrons. The third-order valence-electron chi connectivity index (χ3n) is 2.20. The van der Waals surface area contributed by atoms with Crippen LogP contribution in [0.5, 0.6) is 0 Å². The average molecular weight is 270 g/mol. The molecule has 1 N–H and O–H groups in total. The Morgan fingerprint density at radius 3 is 2.73 bits per heavy atom. The summed E-state index contributed by atoms with van der Waals surface area (Å²) in [5.74, 6) is 0. The summed E-state index contributed by atoms with van der Waals surface area (Å²) in [7, 11) is 0. The molecule has 0 bridgehead atoms. The van der Waals surface area contributed by atoms with E-state index in [0.29, 0.717) is 4.60 Å². The summed E-state index contributed by atoms with van der Waals surface area (Å²) in [6, 6.07) is 5.99.